The van der Waals surface area contributed by atoms with Crippen LogP contribution in [0.4, 0.5) is 0 Å². The minimum atomic E-state index is -0.436. The first kappa shape index (κ1) is 24.7. The largest absolute Gasteiger partial charge is 0.465 e. The van der Waals surface area contributed by atoms with E-state index in [2.05, 4.69) is 38.1 Å². The van der Waals surface area contributed by atoms with Crippen LogP contribution in [0.5, 0.6) is 17.2 Å². The molecule has 0 aliphatic heterocycles. The number of ether oxygens (including phenoxy) is 3. The lowest BCUT2D eigenvalue weighted by molar-refractivity contribution is 0.0600. The molecule has 0 radical (unpaired) electrons. The maximum Gasteiger partial charge on any atom is 0.343 e. The molecule has 36 heavy (non-hydrogen) atoms. The van der Waals surface area contributed by atoms with Crippen molar-refractivity contribution in [2.24, 2.45) is 0 Å². The zero-order valence-corrected chi connectivity index (χ0v) is 20.8. The third-order valence-electron chi connectivity index (χ3n) is 6.02. The molecule has 0 N–H and O–H groups in total. The van der Waals surface area contributed by atoms with Gasteiger partial charge in [-0.3, -0.25) is 0 Å². The summed E-state index contributed by atoms with van der Waals surface area (Å²) in [5.41, 5.74) is 6.74. The average Bonchev–Trinajstić information content (AvgIpc) is 2.88. The molecule has 5 heteroatoms. The summed E-state index contributed by atoms with van der Waals surface area (Å²) in [6, 6.07) is 25.7. The zero-order valence-electron chi connectivity index (χ0n) is 20.8. The Hall–Kier alpha value is -4.38. The van der Waals surface area contributed by atoms with Gasteiger partial charge in [0.15, 0.2) is 0 Å². The first-order valence-electron chi connectivity index (χ1n) is 11.7. The number of aryl methyl sites for hydroxylation is 3. The van der Waals surface area contributed by atoms with Gasteiger partial charge in [0, 0.05) is 0 Å². The number of carbonyl (C=O) groups is 2. The Labute approximate surface area is 211 Å². The maximum absolute atomic E-state index is 12.7. The van der Waals surface area contributed by atoms with Gasteiger partial charge in [0.05, 0.1) is 18.2 Å². The Morgan fingerprint density at radius 1 is 0.611 bits per heavy atom. The van der Waals surface area contributed by atoms with E-state index in [4.69, 9.17) is 14.2 Å². The monoisotopic (exact) mass is 480 g/mol. The molecular formula is C31H28O5. The Morgan fingerprint density at radius 3 is 1.67 bits per heavy atom. The summed E-state index contributed by atoms with van der Waals surface area (Å²) in [5, 5.41) is 0. The number of benzene rings is 4. The van der Waals surface area contributed by atoms with Gasteiger partial charge in [-0.05, 0) is 110 Å². The van der Waals surface area contributed by atoms with Crippen LogP contribution in [-0.4, -0.2) is 19.0 Å². The van der Waals surface area contributed by atoms with Crippen LogP contribution in [0, 0.1) is 20.8 Å². The summed E-state index contributed by atoms with van der Waals surface area (Å²) < 4.78 is 16.1. The summed E-state index contributed by atoms with van der Waals surface area (Å²) in [6.45, 7) is 6.17. The van der Waals surface area contributed by atoms with Crippen molar-refractivity contribution in [1.29, 1.82) is 0 Å². The van der Waals surface area contributed by atoms with Crippen molar-refractivity contribution >= 4 is 11.9 Å². The number of hydrogen-bond acceptors (Lipinski definition) is 5. The number of hydrogen-bond donors (Lipinski definition) is 0. The van der Waals surface area contributed by atoms with Crippen LogP contribution in [-0.2, 0) is 11.2 Å². The second-order valence-corrected chi connectivity index (χ2v) is 8.73. The van der Waals surface area contributed by atoms with Crippen LogP contribution in [0.2, 0.25) is 0 Å². The van der Waals surface area contributed by atoms with E-state index < -0.39 is 11.9 Å². The summed E-state index contributed by atoms with van der Waals surface area (Å²) >= 11 is 0. The molecule has 0 aliphatic rings. The van der Waals surface area contributed by atoms with E-state index in [9.17, 15) is 9.59 Å². The summed E-state index contributed by atoms with van der Waals surface area (Å²) in [4.78, 5) is 24.2. The summed E-state index contributed by atoms with van der Waals surface area (Å²) in [5.74, 6) is 0.818. The predicted molar refractivity (Wildman–Crippen MR) is 139 cm³/mol. The number of carbonyl (C=O) groups excluding carboxylic acids is 2. The van der Waals surface area contributed by atoms with Crippen LogP contribution in [0.25, 0.3) is 0 Å². The van der Waals surface area contributed by atoms with Crippen molar-refractivity contribution in [1.82, 2.24) is 0 Å². The van der Waals surface area contributed by atoms with Gasteiger partial charge in [0.1, 0.15) is 17.2 Å². The fourth-order valence-electron chi connectivity index (χ4n) is 3.82. The molecule has 0 heterocycles. The Kier molecular flexibility index (Phi) is 7.50. The molecule has 0 spiro atoms. The molecule has 0 fully saturated rings. The third kappa shape index (κ3) is 5.99. The van der Waals surface area contributed by atoms with E-state index in [1.807, 2.05) is 19.1 Å². The molecule has 5 nitrogen and oxygen atoms in total. The lowest BCUT2D eigenvalue weighted by Crippen LogP contribution is -2.09. The smallest absolute Gasteiger partial charge is 0.343 e. The number of rotatable bonds is 7. The topological polar surface area (TPSA) is 61.8 Å². The van der Waals surface area contributed by atoms with Crippen LogP contribution in [0.15, 0.2) is 84.9 Å². The molecule has 0 atom stereocenters. The van der Waals surface area contributed by atoms with Crippen molar-refractivity contribution in [2.45, 2.75) is 27.2 Å². The fourth-order valence-corrected chi connectivity index (χ4v) is 3.82. The van der Waals surface area contributed by atoms with Gasteiger partial charge in [0.25, 0.3) is 0 Å². The van der Waals surface area contributed by atoms with E-state index in [1.165, 1.54) is 23.8 Å². The van der Waals surface area contributed by atoms with Gasteiger partial charge in [-0.2, -0.15) is 0 Å². The molecule has 4 aromatic rings. The lowest BCUT2D eigenvalue weighted by Gasteiger charge is -2.11. The van der Waals surface area contributed by atoms with E-state index in [0.29, 0.717) is 28.4 Å². The molecule has 0 bridgehead atoms. The Balaban J connectivity index is 1.38. The quantitative estimate of drug-likeness (QED) is 0.210. The minimum absolute atomic E-state index is 0.407. The third-order valence-corrected chi connectivity index (χ3v) is 6.02. The lowest BCUT2D eigenvalue weighted by atomic mass is 9.99. The predicted octanol–water partition coefficient (Wildman–Crippen LogP) is 7.00. The highest BCUT2D eigenvalue weighted by Gasteiger charge is 2.12. The van der Waals surface area contributed by atoms with Crippen LogP contribution in [0.3, 0.4) is 0 Å². The molecule has 4 rings (SSSR count). The van der Waals surface area contributed by atoms with E-state index in [1.54, 1.807) is 48.5 Å². The second-order valence-electron chi connectivity index (χ2n) is 8.73. The molecule has 0 unspecified atom stereocenters. The summed E-state index contributed by atoms with van der Waals surface area (Å²) in [6.07, 6.45) is 0.822. The highest BCUT2D eigenvalue weighted by molar-refractivity contribution is 5.91. The van der Waals surface area contributed by atoms with Gasteiger partial charge in [0.2, 0.25) is 0 Å². The molecule has 0 aromatic heterocycles. The maximum atomic E-state index is 12.7. The highest BCUT2D eigenvalue weighted by Crippen LogP contribution is 2.25. The molecular weight excluding hydrogens is 452 g/mol. The average molecular weight is 481 g/mol. The SMILES string of the molecule is COC(=O)c1ccc(Oc2ccc(C(=O)Oc3ccc(Cc4ccc(C)c(C)c4)cc3C)cc2)cc1. The normalized spacial score (nSPS) is 10.6. The second kappa shape index (κ2) is 10.9. The fraction of sp³-hybridized carbons (Fsp3) is 0.161. The standard InChI is InChI=1S/C31H28O5/c1-20-5-6-23(17-21(20)2)19-24-7-16-29(22(3)18-24)36-31(33)26-10-14-28(15-11-26)35-27-12-8-25(9-13-27)30(32)34-4/h5-18H,19H2,1-4H3. The van der Waals surface area contributed by atoms with Crippen molar-refractivity contribution in [3.63, 3.8) is 0 Å². The molecule has 182 valence electrons. The van der Waals surface area contributed by atoms with Crippen LogP contribution >= 0.6 is 0 Å². The van der Waals surface area contributed by atoms with Crippen LogP contribution in [0.1, 0.15) is 48.5 Å². The first-order chi connectivity index (χ1) is 17.3. The van der Waals surface area contributed by atoms with Gasteiger partial charge in [-0.15, -0.1) is 0 Å². The van der Waals surface area contributed by atoms with E-state index >= 15 is 0 Å². The summed E-state index contributed by atoms with van der Waals surface area (Å²) in [7, 11) is 1.34. The van der Waals surface area contributed by atoms with Crippen molar-refractivity contribution in [2.75, 3.05) is 7.11 Å². The van der Waals surface area contributed by atoms with Gasteiger partial charge in [-0.1, -0.05) is 30.3 Å². The van der Waals surface area contributed by atoms with Gasteiger partial charge in [-0.25, -0.2) is 9.59 Å². The van der Waals surface area contributed by atoms with Gasteiger partial charge >= 0.3 is 11.9 Å². The van der Waals surface area contributed by atoms with Crippen molar-refractivity contribution in [3.8, 4) is 17.2 Å². The van der Waals surface area contributed by atoms with Crippen LogP contribution < -0.4 is 9.47 Å². The molecule has 0 saturated carbocycles. The van der Waals surface area contributed by atoms with Gasteiger partial charge < -0.3 is 14.2 Å². The Morgan fingerprint density at radius 2 is 1.14 bits per heavy atom. The molecule has 0 saturated heterocycles. The highest BCUT2D eigenvalue weighted by atomic mass is 16.5. The van der Waals surface area contributed by atoms with Crippen molar-refractivity contribution in [3.05, 3.63) is 124 Å². The first-order valence-corrected chi connectivity index (χ1v) is 11.7. The number of esters is 2. The molecule has 0 amide bonds. The van der Waals surface area contributed by atoms with E-state index in [-0.39, 0.29) is 0 Å². The van der Waals surface area contributed by atoms with Crippen molar-refractivity contribution < 1.29 is 23.8 Å². The zero-order chi connectivity index (χ0) is 25.7. The molecule has 4 aromatic carbocycles. The molecule has 0 aliphatic carbocycles. The minimum Gasteiger partial charge on any atom is -0.465 e. The Bertz CT molecular complexity index is 1390. The van der Waals surface area contributed by atoms with E-state index in [0.717, 1.165) is 17.5 Å². The number of methoxy groups -OCH3 is 1.